The highest BCUT2D eigenvalue weighted by molar-refractivity contribution is 7.99. The number of carbonyl (C=O) groups is 2. The molecule has 1 aromatic rings. The summed E-state index contributed by atoms with van der Waals surface area (Å²) in [5, 5.41) is 9.04. The maximum Gasteiger partial charge on any atom is 0.305 e. The van der Waals surface area contributed by atoms with Gasteiger partial charge in [-0.1, -0.05) is 18.2 Å². The van der Waals surface area contributed by atoms with Crippen LogP contribution < -0.4 is 0 Å². The Hall–Kier alpha value is -1.75. The molecule has 0 radical (unpaired) electrons. The van der Waals surface area contributed by atoms with Crippen molar-refractivity contribution in [3.05, 3.63) is 41.0 Å². The molecule has 1 saturated heterocycles. The number of carboxylic acids is 1. The van der Waals surface area contributed by atoms with Crippen LogP contribution in [0.4, 0.5) is 0 Å². The molecule has 1 N–H and O–H groups in total. The van der Waals surface area contributed by atoms with Crippen LogP contribution in [0.2, 0.25) is 0 Å². The fourth-order valence-corrected chi connectivity index (χ4v) is 4.09. The molecule has 0 bridgehead atoms. The number of rotatable bonds is 3. The first-order valence-electron chi connectivity index (χ1n) is 7.55. The van der Waals surface area contributed by atoms with Gasteiger partial charge in [0.15, 0.2) is 0 Å². The molecular formula is C17H19NO3S. The molecule has 4 nitrogen and oxygen atoms in total. The average Bonchev–Trinajstić information content (AvgIpc) is 2.54. The Morgan fingerprint density at radius 1 is 1.36 bits per heavy atom. The Balaban J connectivity index is 1.82. The first kappa shape index (κ1) is 15.2. The Kier molecular flexibility index (Phi) is 4.52. The zero-order valence-corrected chi connectivity index (χ0v) is 13.1. The molecule has 1 aliphatic heterocycles. The Morgan fingerprint density at radius 2 is 2.23 bits per heavy atom. The second-order valence-electron chi connectivity index (χ2n) is 5.68. The third-order valence-electron chi connectivity index (χ3n) is 4.17. The molecule has 1 fully saturated rings. The van der Waals surface area contributed by atoms with Gasteiger partial charge in [-0.25, -0.2) is 0 Å². The van der Waals surface area contributed by atoms with Gasteiger partial charge in [0.05, 0.1) is 12.5 Å². The van der Waals surface area contributed by atoms with E-state index >= 15 is 0 Å². The predicted octanol–water partition coefficient (Wildman–Crippen LogP) is 2.68. The minimum absolute atomic E-state index is 0.0203. The number of benzene rings is 1. The number of fused-ring (bicyclic) bond motifs is 1. The minimum atomic E-state index is -0.846. The zero-order chi connectivity index (χ0) is 15.5. The number of hydrogen-bond acceptors (Lipinski definition) is 3. The number of allylic oxidation sites excluding steroid dienone is 1. The summed E-state index contributed by atoms with van der Waals surface area (Å²) >= 11 is 1.72. The van der Waals surface area contributed by atoms with Gasteiger partial charge in [-0.2, -0.15) is 11.8 Å². The quantitative estimate of drug-likeness (QED) is 0.931. The molecule has 116 valence electrons. The summed E-state index contributed by atoms with van der Waals surface area (Å²) in [4.78, 5) is 25.5. The normalized spacial score (nSPS) is 20.5. The summed E-state index contributed by atoms with van der Waals surface area (Å²) in [6, 6.07) is 5.61. The molecule has 0 saturated carbocycles. The number of amides is 1. The molecule has 1 aromatic carbocycles. The number of aryl methyl sites for hydroxylation is 1. The van der Waals surface area contributed by atoms with Gasteiger partial charge in [0.2, 0.25) is 0 Å². The lowest BCUT2D eigenvalue weighted by Crippen LogP contribution is -2.47. The van der Waals surface area contributed by atoms with Crippen molar-refractivity contribution in [1.29, 1.82) is 0 Å². The molecule has 1 atom stereocenters. The van der Waals surface area contributed by atoms with Crippen molar-refractivity contribution in [2.75, 3.05) is 18.1 Å². The fraction of sp³-hybridized carbons (Fsp3) is 0.412. The molecule has 2 aliphatic rings. The van der Waals surface area contributed by atoms with E-state index in [4.69, 9.17) is 5.11 Å². The highest BCUT2D eigenvalue weighted by Crippen LogP contribution is 2.24. The van der Waals surface area contributed by atoms with Gasteiger partial charge < -0.3 is 10.0 Å². The van der Waals surface area contributed by atoms with Gasteiger partial charge in [-0.3, -0.25) is 9.59 Å². The number of carboxylic acid groups (broad SMARTS) is 1. The number of carbonyl (C=O) groups excluding carboxylic acids is 1. The van der Waals surface area contributed by atoms with Gasteiger partial charge in [0, 0.05) is 23.6 Å². The van der Waals surface area contributed by atoms with Crippen molar-refractivity contribution in [3.63, 3.8) is 0 Å². The molecule has 1 unspecified atom stereocenters. The third-order valence-corrected chi connectivity index (χ3v) is 5.26. The van der Waals surface area contributed by atoms with Crippen LogP contribution in [-0.2, 0) is 11.2 Å². The lowest BCUT2D eigenvalue weighted by Gasteiger charge is -2.34. The SMILES string of the molecule is O=C(O)CC1CSCCN1C(=O)c1ccc2c(c1)CCC=C2. The lowest BCUT2D eigenvalue weighted by atomic mass is 9.95. The van der Waals surface area contributed by atoms with Crippen molar-refractivity contribution in [1.82, 2.24) is 4.90 Å². The van der Waals surface area contributed by atoms with E-state index in [0.29, 0.717) is 17.9 Å². The lowest BCUT2D eigenvalue weighted by molar-refractivity contribution is -0.138. The molecule has 1 aliphatic carbocycles. The van der Waals surface area contributed by atoms with Crippen LogP contribution in [0.5, 0.6) is 0 Å². The first-order chi connectivity index (χ1) is 10.6. The van der Waals surface area contributed by atoms with Gasteiger partial charge in [0.25, 0.3) is 5.91 Å². The monoisotopic (exact) mass is 317 g/mol. The summed E-state index contributed by atoms with van der Waals surface area (Å²) in [5.74, 6) is 0.686. The predicted molar refractivity (Wildman–Crippen MR) is 88.2 cm³/mol. The van der Waals surface area contributed by atoms with E-state index in [2.05, 4.69) is 12.2 Å². The summed E-state index contributed by atoms with van der Waals surface area (Å²) in [5.41, 5.74) is 3.06. The third kappa shape index (κ3) is 3.19. The van der Waals surface area contributed by atoms with Crippen LogP contribution in [-0.4, -0.2) is 46.0 Å². The second-order valence-corrected chi connectivity index (χ2v) is 6.83. The van der Waals surface area contributed by atoms with E-state index in [9.17, 15) is 9.59 Å². The van der Waals surface area contributed by atoms with Gasteiger partial charge in [0.1, 0.15) is 0 Å². The topological polar surface area (TPSA) is 57.6 Å². The van der Waals surface area contributed by atoms with Crippen LogP contribution in [0.25, 0.3) is 6.08 Å². The van der Waals surface area contributed by atoms with Gasteiger partial charge >= 0.3 is 5.97 Å². The maximum absolute atomic E-state index is 12.8. The fourth-order valence-electron chi connectivity index (χ4n) is 3.03. The highest BCUT2D eigenvalue weighted by atomic mass is 32.2. The van der Waals surface area contributed by atoms with Gasteiger partial charge in [-0.15, -0.1) is 0 Å². The molecule has 22 heavy (non-hydrogen) atoms. The van der Waals surface area contributed by atoms with Crippen molar-refractivity contribution in [2.45, 2.75) is 25.3 Å². The number of thioether (sulfide) groups is 1. The maximum atomic E-state index is 12.8. The summed E-state index contributed by atoms with van der Waals surface area (Å²) < 4.78 is 0. The van der Waals surface area contributed by atoms with Crippen molar-refractivity contribution >= 4 is 29.7 Å². The largest absolute Gasteiger partial charge is 0.481 e. The Morgan fingerprint density at radius 3 is 3.05 bits per heavy atom. The molecule has 5 heteroatoms. The van der Waals surface area contributed by atoms with Crippen molar-refractivity contribution in [3.8, 4) is 0 Å². The number of nitrogens with zero attached hydrogens (tertiary/aromatic N) is 1. The number of hydrogen-bond donors (Lipinski definition) is 1. The van der Waals surface area contributed by atoms with Crippen LogP contribution >= 0.6 is 11.8 Å². The second kappa shape index (κ2) is 6.57. The molecule has 1 heterocycles. The van der Waals surface area contributed by atoms with Crippen LogP contribution in [0, 0.1) is 0 Å². The van der Waals surface area contributed by atoms with Crippen molar-refractivity contribution in [2.24, 2.45) is 0 Å². The Labute approximate surface area is 134 Å². The number of aliphatic carboxylic acids is 1. The molecule has 0 spiro atoms. The van der Waals surface area contributed by atoms with E-state index in [-0.39, 0.29) is 18.4 Å². The Bertz CT molecular complexity index is 626. The molecule has 1 amide bonds. The molecule has 0 aromatic heterocycles. The zero-order valence-electron chi connectivity index (χ0n) is 12.3. The van der Waals surface area contributed by atoms with E-state index in [0.717, 1.165) is 18.6 Å². The van der Waals surface area contributed by atoms with Gasteiger partial charge in [-0.05, 0) is 36.1 Å². The smallest absolute Gasteiger partial charge is 0.305 e. The molecular weight excluding hydrogens is 298 g/mol. The van der Waals surface area contributed by atoms with E-state index in [1.54, 1.807) is 16.7 Å². The van der Waals surface area contributed by atoms with E-state index in [1.807, 2.05) is 18.2 Å². The van der Waals surface area contributed by atoms with Crippen LogP contribution in [0.15, 0.2) is 24.3 Å². The summed E-state index contributed by atoms with van der Waals surface area (Å²) in [6.07, 6.45) is 6.23. The highest BCUT2D eigenvalue weighted by Gasteiger charge is 2.29. The van der Waals surface area contributed by atoms with Crippen LogP contribution in [0.1, 0.15) is 34.3 Å². The average molecular weight is 317 g/mol. The minimum Gasteiger partial charge on any atom is -0.481 e. The first-order valence-corrected chi connectivity index (χ1v) is 8.70. The van der Waals surface area contributed by atoms with Crippen LogP contribution in [0.3, 0.4) is 0 Å². The van der Waals surface area contributed by atoms with E-state index < -0.39 is 5.97 Å². The van der Waals surface area contributed by atoms with Crippen molar-refractivity contribution < 1.29 is 14.7 Å². The summed E-state index contributed by atoms with van der Waals surface area (Å²) in [7, 11) is 0. The van der Waals surface area contributed by atoms with E-state index in [1.165, 1.54) is 11.1 Å². The standard InChI is InChI=1S/C17H19NO3S/c19-16(20)10-15-11-22-8-7-18(15)17(21)14-6-5-12-3-1-2-4-13(12)9-14/h1,3,5-6,9,15H,2,4,7-8,10-11H2,(H,19,20). The summed E-state index contributed by atoms with van der Waals surface area (Å²) in [6.45, 7) is 0.623. The molecule has 3 rings (SSSR count).